The molecule has 0 atom stereocenters. The van der Waals surface area contributed by atoms with Gasteiger partial charge in [0, 0.05) is 13.2 Å². The summed E-state index contributed by atoms with van der Waals surface area (Å²) in [6.45, 7) is 9.85. The molecule has 148 valence electrons. The molecule has 0 aromatic carbocycles. The van der Waals surface area contributed by atoms with Crippen molar-refractivity contribution in [2.45, 2.75) is 64.2 Å². The second-order valence-corrected chi connectivity index (χ2v) is 10.9. The first-order chi connectivity index (χ1) is 11.9. The van der Waals surface area contributed by atoms with Crippen molar-refractivity contribution in [3.05, 3.63) is 0 Å². The predicted octanol–water partition coefficient (Wildman–Crippen LogP) is 1.38. The molecular weight excluding hydrogens is 358 g/mol. The summed E-state index contributed by atoms with van der Waals surface area (Å²) in [5, 5.41) is 14.2. The fourth-order valence-corrected chi connectivity index (χ4v) is 4.04. The molecule has 0 bridgehead atoms. The summed E-state index contributed by atoms with van der Waals surface area (Å²) < 4.78 is 29.2. The van der Waals surface area contributed by atoms with Crippen molar-refractivity contribution in [2.24, 2.45) is 5.92 Å². The fourth-order valence-electron chi connectivity index (χ4n) is 2.55. The number of anilines is 1. The van der Waals surface area contributed by atoms with Crippen molar-refractivity contribution in [1.82, 2.24) is 20.2 Å². The lowest BCUT2D eigenvalue weighted by Gasteiger charge is -2.26. The summed E-state index contributed by atoms with van der Waals surface area (Å²) in [7, 11) is -3.64. The Morgan fingerprint density at radius 1 is 1.23 bits per heavy atom. The minimum Gasteiger partial charge on any atom is -0.381 e. The molecule has 1 aromatic rings. The first kappa shape index (κ1) is 20.8. The number of carbonyl (C=O) groups excluding carboxylic acids is 1. The average Bonchev–Trinajstić information content (AvgIpc) is 3.02. The summed E-state index contributed by atoms with van der Waals surface area (Å²) in [6, 6.07) is 0. The number of sulfone groups is 1. The number of aromatic nitrogens is 4. The van der Waals surface area contributed by atoms with Gasteiger partial charge < -0.3 is 4.74 Å². The minimum absolute atomic E-state index is 0.00220. The van der Waals surface area contributed by atoms with Crippen molar-refractivity contribution in [2.75, 3.05) is 24.3 Å². The largest absolute Gasteiger partial charge is 0.381 e. The highest BCUT2D eigenvalue weighted by atomic mass is 32.2. The van der Waals surface area contributed by atoms with Crippen LogP contribution in [0.4, 0.5) is 5.95 Å². The van der Waals surface area contributed by atoms with Crippen LogP contribution in [0.3, 0.4) is 0 Å². The van der Waals surface area contributed by atoms with Crippen LogP contribution < -0.4 is 5.32 Å². The Morgan fingerprint density at radius 2 is 1.85 bits per heavy atom. The van der Waals surface area contributed by atoms with E-state index in [2.05, 4.69) is 20.7 Å². The number of carbonyl (C=O) groups is 1. The summed E-state index contributed by atoms with van der Waals surface area (Å²) in [6.07, 6.45) is 2.27. The predicted molar refractivity (Wildman–Crippen MR) is 97.5 cm³/mol. The molecule has 0 aliphatic carbocycles. The Hall–Kier alpha value is -1.55. The second-order valence-electron chi connectivity index (χ2n) is 8.20. The normalized spacial score (nSPS) is 17.3. The Balaban J connectivity index is 2.01. The van der Waals surface area contributed by atoms with E-state index in [0.717, 1.165) is 12.8 Å². The molecule has 1 N–H and O–H groups in total. The lowest BCUT2D eigenvalue weighted by Crippen LogP contribution is -2.46. The molecule has 1 fully saturated rings. The van der Waals surface area contributed by atoms with Crippen LogP contribution in [0.15, 0.2) is 0 Å². The third kappa shape index (κ3) is 4.79. The van der Waals surface area contributed by atoms with Crippen molar-refractivity contribution in [3.63, 3.8) is 0 Å². The smallest absolute Gasteiger partial charge is 0.270 e. The zero-order valence-electron chi connectivity index (χ0n) is 16.2. The monoisotopic (exact) mass is 387 g/mol. The van der Waals surface area contributed by atoms with Gasteiger partial charge in [0.1, 0.15) is 4.75 Å². The number of hydrogen-bond donors (Lipinski definition) is 1. The van der Waals surface area contributed by atoms with Crippen molar-refractivity contribution >= 4 is 21.7 Å². The molecule has 0 unspecified atom stereocenters. The SMILES string of the molecule is CC(C)(C)n1nnc(NC(=O)C(C)(C)S(=O)(=O)CCC2CCOCC2)n1. The number of hydrogen-bond acceptors (Lipinski definition) is 7. The van der Waals surface area contributed by atoms with Crippen LogP contribution in [0, 0.1) is 5.92 Å². The quantitative estimate of drug-likeness (QED) is 0.783. The molecule has 1 aliphatic rings. The van der Waals surface area contributed by atoms with Crippen LogP contribution in [0.25, 0.3) is 0 Å². The molecule has 1 aromatic heterocycles. The standard InChI is InChI=1S/C16H29N5O4S/c1-15(2,3)21-19-14(18-20-21)17-13(22)16(4,5)26(23,24)11-8-12-6-9-25-10-7-12/h12H,6-11H2,1-5H3,(H,17,19,22). The Labute approximate surface area is 154 Å². The highest BCUT2D eigenvalue weighted by Gasteiger charge is 2.42. The molecular formula is C16H29N5O4S. The number of nitrogens with zero attached hydrogens (tertiary/aromatic N) is 4. The van der Waals surface area contributed by atoms with Gasteiger partial charge >= 0.3 is 0 Å². The van der Waals surface area contributed by atoms with Gasteiger partial charge in [-0.05, 0) is 65.0 Å². The van der Waals surface area contributed by atoms with Crippen LogP contribution in [0.2, 0.25) is 0 Å². The van der Waals surface area contributed by atoms with E-state index < -0.39 is 20.5 Å². The molecule has 0 radical (unpaired) electrons. The van der Waals surface area contributed by atoms with Gasteiger partial charge in [0.15, 0.2) is 9.84 Å². The van der Waals surface area contributed by atoms with E-state index in [4.69, 9.17) is 4.74 Å². The van der Waals surface area contributed by atoms with Gasteiger partial charge in [-0.2, -0.15) is 4.80 Å². The lowest BCUT2D eigenvalue weighted by molar-refractivity contribution is -0.117. The Morgan fingerprint density at radius 3 is 2.38 bits per heavy atom. The van der Waals surface area contributed by atoms with Crippen molar-refractivity contribution in [1.29, 1.82) is 0 Å². The van der Waals surface area contributed by atoms with Crippen molar-refractivity contribution in [3.8, 4) is 0 Å². The minimum atomic E-state index is -3.64. The highest BCUT2D eigenvalue weighted by molar-refractivity contribution is 7.93. The molecule has 1 saturated heterocycles. The van der Waals surface area contributed by atoms with Crippen LogP contribution in [-0.2, 0) is 24.9 Å². The number of ether oxygens (including phenoxy) is 1. The van der Waals surface area contributed by atoms with Crippen LogP contribution >= 0.6 is 0 Å². The van der Waals surface area contributed by atoms with Gasteiger partial charge in [0.25, 0.3) is 5.95 Å². The number of amides is 1. The first-order valence-corrected chi connectivity index (χ1v) is 10.5. The van der Waals surface area contributed by atoms with E-state index in [-0.39, 0.29) is 17.2 Å². The molecule has 10 heteroatoms. The fraction of sp³-hybridized carbons (Fsp3) is 0.875. The summed E-state index contributed by atoms with van der Waals surface area (Å²) in [5.74, 6) is -0.360. The highest BCUT2D eigenvalue weighted by Crippen LogP contribution is 2.25. The third-order valence-corrected chi connectivity index (χ3v) is 7.21. The molecule has 0 spiro atoms. The van der Waals surface area contributed by atoms with E-state index in [1.54, 1.807) is 0 Å². The van der Waals surface area contributed by atoms with Crippen LogP contribution in [-0.4, -0.2) is 58.2 Å². The number of nitrogens with one attached hydrogen (secondary N) is 1. The summed E-state index contributed by atoms with van der Waals surface area (Å²) in [5.41, 5.74) is -0.388. The van der Waals surface area contributed by atoms with Gasteiger partial charge in [0.05, 0.1) is 11.3 Å². The van der Waals surface area contributed by atoms with Crippen LogP contribution in [0.5, 0.6) is 0 Å². The van der Waals surface area contributed by atoms with E-state index in [0.29, 0.717) is 25.6 Å². The maximum absolute atomic E-state index is 12.7. The van der Waals surface area contributed by atoms with Gasteiger partial charge in [-0.25, -0.2) is 8.42 Å². The molecule has 1 aliphatic heterocycles. The van der Waals surface area contributed by atoms with Gasteiger partial charge in [-0.15, -0.1) is 5.10 Å². The second kappa shape index (κ2) is 7.59. The van der Waals surface area contributed by atoms with E-state index >= 15 is 0 Å². The molecule has 9 nitrogen and oxygen atoms in total. The average molecular weight is 388 g/mol. The van der Waals surface area contributed by atoms with Crippen LogP contribution in [0.1, 0.15) is 53.9 Å². The number of tetrazole rings is 1. The summed E-state index contributed by atoms with van der Waals surface area (Å²) in [4.78, 5) is 13.9. The lowest BCUT2D eigenvalue weighted by atomic mass is 9.98. The van der Waals surface area contributed by atoms with E-state index in [1.807, 2.05) is 20.8 Å². The van der Waals surface area contributed by atoms with E-state index in [1.165, 1.54) is 18.6 Å². The molecule has 2 rings (SSSR count). The van der Waals surface area contributed by atoms with E-state index in [9.17, 15) is 13.2 Å². The number of rotatable bonds is 6. The zero-order valence-corrected chi connectivity index (χ0v) is 17.0. The summed E-state index contributed by atoms with van der Waals surface area (Å²) >= 11 is 0. The Kier molecular flexibility index (Phi) is 6.06. The first-order valence-electron chi connectivity index (χ1n) is 8.85. The molecule has 1 amide bonds. The molecule has 2 heterocycles. The zero-order chi connectivity index (χ0) is 19.6. The maximum atomic E-state index is 12.7. The molecule has 0 saturated carbocycles. The third-order valence-electron chi connectivity index (χ3n) is 4.70. The van der Waals surface area contributed by atoms with Gasteiger partial charge in [-0.1, -0.05) is 5.10 Å². The molecule has 26 heavy (non-hydrogen) atoms. The van der Waals surface area contributed by atoms with Gasteiger partial charge in [-0.3, -0.25) is 10.1 Å². The van der Waals surface area contributed by atoms with Crippen molar-refractivity contribution < 1.29 is 17.9 Å². The maximum Gasteiger partial charge on any atom is 0.270 e. The van der Waals surface area contributed by atoms with Gasteiger partial charge in [0.2, 0.25) is 5.91 Å². The Bertz CT molecular complexity index is 730. The topological polar surface area (TPSA) is 116 Å².